The zero-order valence-corrected chi connectivity index (χ0v) is 14.4. The van der Waals surface area contributed by atoms with Gasteiger partial charge in [0.25, 0.3) is 5.91 Å². The lowest BCUT2D eigenvalue weighted by Crippen LogP contribution is -2.45. The number of halogens is 1. The highest BCUT2D eigenvalue weighted by Crippen LogP contribution is 2.37. The van der Waals surface area contributed by atoms with Crippen LogP contribution in [0.5, 0.6) is 11.5 Å². The fourth-order valence-corrected chi connectivity index (χ4v) is 3.35. The van der Waals surface area contributed by atoms with Crippen molar-refractivity contribution in [1.82, 2.24) is 0 Å². The molecule has 0 spiro atoms. The van der Waals surface area contributed by atoms with Gasteiger partial charge in [0.15, 0.2) is 6.61 Å². The monoisotopic (exact) mass is 371 g/mol. The molecule has 2 aliphatic heterocycles. The quantitative estimate of drug-likeness (QED) is 0.855. The van der Waals surface area contributed by atoms with Gasteiger partial charge in [-0.3, -0.25) is 9.59 Å². The summed E-state index contributed by atoms with van der Waals surface area (Å²) in [4.78, 5) is 25.0. The lowest BCUT2D eigenvalue weighted by molar-refractivity contribution is -0.119. The van der Waals surface area contributed by atoms with Gasteiger partial charge < -0.3 is 25.4 Å². The van der Waals surface area contributed by atoms with E-state index in [4.69, 9.17) is 15.2 Å². The molecule has 0 aromatic heterocycles. The summed E-state index contributed by atoms with van der Waals surface area (Å²) in [6.45, 7) is 0.655. The van der Waals surface area contributed by atoms with Gasteiger partial charge in [-0.1, -0.05) is 6.07 Å². The summed E-state index contributed by atoms with van der Waals surface area (Å²) in [5, 5.41) is 2.78. The molecule has 0 unspecified atom stereocenters. The second kappa shape index (κ2) is 6.79. The predicted molar refractivity (Wildman–Crippen MR) is 96.2 cm³/mol. The molecule has 0 saturated carbocycles. The predicted octanol–water partition coefficient (Wildman–Crippen LogP) is 1.80. The van der Waals surface area contributed by atoms with Crippen LogP contribution in [0.3, 0.4) is 0 Å². The number of anilines is 2. The van der Waals surface area contributed by atoms with Crippen LogP contribution in [0.4, 0.5) is 15.8 Å². The van der Waals surface area contributed by atoms with Crippen LogP contribution in [0.25, 0.3) is 0 Å². The summed E-state index contributed by atoms with van der Waals surface area (Å²) in [6, 6.07) is 9.53. The molecule has 2 aromatic carbocycles. The van der Waals surface area contributed by atoms with Gasteiger partial charge in [-0.25, -0.2) is 4.39 Å². The van der Waals surface area contributed by atoms with E-state index in [-0.39, 0.29) is 31.6 Å². The Kier molecular flexibility index (Phi) is 4.31. The van der Waals surface area contributed by atoms with Crippen molar-refractivity contribution in [2.45, 2.75) is 19.0 Å². The lowest BCUT2D eigenvalue weighted by atomic mass is 10.1. The number of primary amides is 1. The Hall–Kier alpha value is -3.29. The summed E-state index contributed by atoms with van der Waals surface area (Å²) >= 11 is 0. The number of nitrogens with zero attached hydrogens (tertiary/aromatic N) is 1. The molecule has 2 heterocycles. The number of rotatable bonds is 4. The Balaban J connectivity index is 1.66. The van der Waals surface area contributed by atoms with Crippen LogP contribution in [0, 0.1) is 5.82 Å². The summed E-state index contributed by atoms with van der Waals surface area (Å²) in [5.41, 5.74) is 7.57. The van der Waals surface area contributed by atoms with E-state index in [2.05, 4.69) is 5.32 Å². The van der Waals surface area contributed by atoms with E-state index in [9.17, 15) is 14.0 Å². The Bertz CT molecular complexity index is 918. The van der Waals surface area contributed by atoms with E-state index in [1.807, 2.05) is 17.0 Å². The van der Waals surface area contributed by atoms with Crippen molar-refractivity contribution >= 4 is 23.2 Å². The van der Waals surface area contributed by atoms with Crippen LogP contribution in [0.1, 0.15) is 12.0 Å². The van der Waals surface area contributed by atoms with E-state index in [0.29, 0.717) is 29.4 Å². The first-order chi connectivity index (χ1) is 13.0. The smallest absolute Gasteiger partial charge is 0.262 e. The third-order valence-corrected chi connectivity index (χ3v) is 4.57. The Morgan fingerprint density at radius 1 is 1.22 bits per heavy atom. The van der Waals surface area contributed by atoms with E-state index < -0.39 is 11.7 Å². The van der Waals surface area contributed by atoms with Crippen LogP contribution < -0.4 is 25.4 Å². The van der Waals surface area contributed by atoms with Crippen LogP contribution >= 0.6 is 0 Å². The molecule has 3 N–H and O–H groups in total. The van der Waals surface area contributed by atoms with Gasteiger partial charge in [-0.05, 0) is 29.8 Å². The minimum Gasteiger partial charge on any atom is -0.489 e. The molecule has 0 saturated heterocycles. The second-order valence-corrected chi connectivity index (χ2v) is 6.54. The maximum atomic E-state index is 13.6. The average molecular weight is 371 g/mol. The van der Waals surface area contributed by atoms with Crippen molar-refractivity contribution in [1.29, 1.82) is 0 Å². The molecule has 0 bridgehead atoms. The number of hydrogen-bond acceptors (Lipinski definition) is 5. The number of hydrogen-bond donors (Lipinski definition) is 2. The van der Waals surface area contributed by atoms with Crippen LogP contribution in [-0.2, 0) is 16.1 Å². The molecule has 8 heteroatoms. The average Bonchev–Trinajstić information content (AvgIpc) is 2.63. The van der Waals surface area contributed by atoms with E-state index in [1.165, 1.54) is 12.1 Å². The van der Waals surface area contributed by atoms with Crippen LogP contribution in [0.2, 0.25) is 0 Å². The zero-order valence-electron chi connectivity index (χ0n) is 14.4. The van der Waals surface area contributed by atoms with Gasteiger partial charge in [0, 0.05) is 12.6 Å². The number of fused-ring (bicyclic) bond motifs is 2. The van der Waals surface area contributed by atoms with Crippen LogP contribution in [-0.4, -0.2) is 31.1 Å². The van der Waals surface area contributed by atoms with Crippen molar-refractivity contribution in [2.24, 2.45) is 5.73 Å². The molecule has 0 radical (unpaired) electrons. The molecule has 0 fully saturated rings. The highest BCUT2D eigenvalue weighted by atomic mass is 19.1. The fourth-order valence-electron chi connectivity index (χ4n) is 3.35. The zero-order chi connectivity index (χ0) is 19.0. The normalized spacial score (nSPS) is 17.9. The molecule has 2 aromatic rings. The fraction of sp³-hybridized carbons (Fsp3) is 0.263. The van der Waals surface area contributed by atoms with Crippen molar-refractivity contribution in [3.05, 3.63) is 47.8 Å². The van der Waals surface area contributed by atoms with Crippen molar-refractivity contribution in [3.63, 3.8) is 0 Å². The van der Waals surface area contributed by atoms with Gasteiger partial charge in [-0.15, -0.1) is 0 Å². The number of carbonyl (C=O) groups excluding carboxylic acids is 2. The SMILES string of the molecule is NC(=O)C[C@H]1COc2cc(F)ccc2N1Cc1ccc2c(c1)NC(=O)CO2. The first kappa shape index (κ1) is 17.1. The molecular weight excluding hydrogens is 353 g/mol. The first-order valence-electron chi connectivity index (χ1n) is 8.52. The number of amides is 2. The lowest BCUT2D eigenvalue weighted by Gasteiger charge is -2.38. The van der Waals surface area contributed by atoms with Gasteiger partial charge in [0.05, 0.1) is 23.8 Å². The Labute approximate surface area is 154 Å². The maximum absolute atomic E-state index is 13.6. The molecule has 4 rings (SSSR count). The van der Waals surface area contributed by atoms with Gasteiger partial charge in [-0.2, -0.15) is 0 Å². The number of carbonyl (C=O) groups is 2. The molecule has 1 atom stereocenters. The molecule has 140 valence electrons. The highest BCUT2D eigenvalue weighted by Gasteiger charge is 2.29. The maximum Gasteiger partial charge on any atom is 0.262 e. The third kappa shape index (κ3) is 3.51. The van der Waals surface area contributed by atoms with E-state index in [0.717, 1.165) is 5.56 Å². The first-order valence-corrected chi connectivity index (χ1v) is 8.52. The minimum atomic E-state index is -0.440. The minimum absolute atomic E-state index is 0.00453. The summed E-state index contributed by atoms with van der Waals surface area (Å²) in [5.74, 6) is -0.0128. The summed E-state index contributed by atoms with van der Waals surface area (Å²) < 4.78 is 24.6. The van der Waals surface area contributed by atoms with Crippen molar-refractivity contribution < 1.29 is 23.5 Å². The molecular formula is C19H18FN3O4. The Morgan fingerprint density at radius 3 is 2.89 bits per heavy atom. The van der Waals surface area contributed by atoms with Crippen molar-refractivity contribution in [2.75, 3.05) is 23.4 Å². The number of benzene rings is 2. The highest BCUT2D eigenvalue weighted by molar-refractivity contribution is 5.95. The van der Waals surface area contributed by atoms with Crippen molar-refractivity contribution in [3.8, 4) is 11.5 Å². The molecule has 7 nitrogen and oxygen atoms in total. The largest absolute Gasteiger partial charge is 0.489 e. The Morgan fingerprint density at radius 2 is 2.07 bits per heavy atom. The van der Waals surface area contributed by atoms with E-state index >= 15 is 0 Å². The van der Waals surface area contributed by atoms with E-state index in [1.54, 1.807) is 12.1 Å². The molecule has 27 heavy (non-hydrogen) atoms. The molecule has 0 aliphatic carbocycles. The standard InChI is InChI=1S/C19H18FN3O4/c20-12-2-3-15-17(6-12)26-9-13(7-18(21)24)23(15)8-11-1-4-16-14(5-11)22-19(25)10-27-16/h1-6,13H,7-10H2,(H2,21,24)(H,22,25)/t13-/m0/s1. The summed E-state index contributed by atoms with van der Waals surface area (Å²) in [6.07, 6.45) is 0.113. The topological polar surface area (TPSA) is 93.9 Å². The number of ether oxygens (including phenoxy) is 2. The molecule has 2 aliphatic rings. The van der Waals surface area contributed by atoms with Gasteiger partial charge in [0.2, 0.25) is 5.91 Å². The van der Waals surface area contributed by atoms with Gasteiger partial charge >= 0.3 is 0 Å². The number of nitrogens with two attached hydrogens (primary N) is 1. The third-order valence-electron chi connectivity index (χ3n) is 4.57. The van der Waals surface area contributed by atoms with Crippen LogP contribution in [0.15, 0.2) is 36.4 Å². The van der Waals surface area contributed by atoms with Gasteiger partial charge in [0.1, 0.15) is 23.9 Å². The summed E-state index contributed by atoms with van der Waals surface area (Å²) in [7, 11) is 0. The number of nitrogens with one attached hydrogen (secondary N) is 1. The second-order valence-electron chi connectivity index (χ2n) is 6.54. The molecule has 2 amide bonds.